The second kappa shape index (κ2) is 7.92. The maximum Gasteiger partial charge on any atom is 0.344 e. The van der Waals surface area contributed by atoms with Gasteiger partial charge in [-0.15, -0.1) is 0 Å². The van der Waals surface area contributed by atoms with Crippen LogP contribution in [0.1, 0.15) is 6.92 Å². The number of hydrogen-bond donors (Lipinski definition) is 1. The lowest BCUT2D eigenvalue weighted by Gasteiger charge is -2.18. The SMILES string of the molecule is CC(OC(=O)COc1cc(Cl)c(Cl)cc1Cl)C(=O)N1CCNC1=O. The van der Waals surface area contributed by atoms with Crippen molar-refractivity contribution in [3.05, 3.63) is 27.2 Å². The van der Waals surface area contributed by atoms with E-state index < -0.39 is 30.6 Å². The van der Waals surface area contributed by atoms with Crippen LogP contribution < -0.4 is 10.1 Å². The number of urea groups is 1. The molecule has 7 nitrogen and oxygen atoms in total. The number of benzene rings is 1. The average molecular weight is 396 g/mol. The number of imide groups is 1. The Labute approximate surface area is 152 Å². The predicted octanol–water partition coefficient (Wildman–Crippen LogP) is 2.51. The van der Waals surface area contributed by atoms with Crippen LogP contribution in [-0.2, 0) is 14.3 Å². The monoisotopic (exact) mass is 394 g/mol. The fraction of sp³-hybridized carbons (Fsp3) is 0.357. The van der Waals surface area contributed by atoms with Gasteiger partial charge in [0.2, 0.25) is 0 Å². The lowest BCUT2D eigenvalue weighted by molar-refractivity contribution is -0.159. The Balaban J connectivity index is 1.88. The van der Waals surface area contributed by atoms with Crippen LogP contribution in [0.5, 0.6) is 5.75 Å². The number of carbonyl (C=O) groups is 3. The summed E-state index contributed by atoms with van der Waals surface area (Å²) in [5, 5.41) is 3.13. The third kappa shape index (κ3) is 4.43. The third-order valence-electron chi connectivity index (χ3n) is 3.10. The Kier molecular flexibility index (Phi) is 6.15. The van der Waals surface area contributed by atoms with Crippen molar-refractivity contribution in [2.75, 3.05) is 19.7 Å². The van der Waals surface area contributed by atoms with Crippen molar-refractivity contribution in [1.82, 2.24) is 10.2 Å². The third-order valence-corrected chi connectivity index (χ3v) is 4.12. The van der Waals surface area contributed by atoms with E-state index in [-0.39, 0.29) is 27.4 Å². The van der Waals surface area contributed by atoms with Crippen LogP contribution in [0.2, 0.25) is 15.1 Å². The zero-order valence-corrected chi connectivity index (χ0v) is 14.7. The first-order valence-electron chi connectivity index (χ1n) is 6.85. The second-order valence-corrected chi connectivity index (χ2v) is 6.06. The van der Waals surface area contributed by atoms with Gasteiger partial charge in [0, 0.05) is 19.2 Å². The molecule has 1 fully saturated rings. The first-order valence-corrected chi connectivity index (χ1v) is 7.99. The van der Waals surface area contributed by atoms with Crippen molar-refractivity contribution in [1.29, 1.82) is 0 Å². The van der Waals surface area contributed by atoms with E-state index in [0.29, 0.717) is 6.54 Å². The molecule has 1 saturated heterocycles. The lowest BCUT2D eigenvalue weighted by atomic mass is 10.3. The summed E-state index contributed by atoms with van der Waals surface area (Å²) >= 11 is 17.5. The largest absolute Gasteiger partial charge is 0.480 e. The predicted molar refractivity (Wildman–Crippen MR) is 87.6 cm³/mol. The van der Waals surface area contributed by atoms with Crippen molar-refractivity contribution in [3.8, 4) is 5.75 Å². The summed E-state index contributed by atoms with van der Waals surface area (Å²) in [7, 11) is 0. The molecule has 1 aliphatic rings. The molecule has 1 atom stereocenters. The van der Waals surface area contributed by atoms with Gasteiger partial charge >= 0.3 is 12.0 Å². The highest BCUT2D eigenvalue weighted by Gasteiger charge is 2.31. The molecular weight excluding hydrogens is 383 g/mol. The Morgan fingerprint density at radius 1 is 1.25 bits per heavy atom. The Bertz CT molecular complexity index is 683. The van der Waals surface area contributed by atoms with Gasteiger partial charge in [0.25, 0.3) is 5.91 Å². The first kappa shape index (κ1) is 18.6. The highest BCUT2D eigenvalue weighted by atomic mass is 35.5. The summed E-state index contributed by atoms with van der Waals surface area (Å²) in [5.41, 5.74) is 0. The van der Waals surface area contributed by atoms with Crippen molar-refractivity contribution in [2.45, 2.75) is 13.0 Å². The summed E-state index contributed by atoms with van der Waals surface area (Å²) in [6.07, 6.45) is -1.12. The molecule has 2 rings (SSSR count). The topological polar surface area (TPSA) is 84.9 Å². The summed E-state index contributed by atoms with van der Waals surface area (Å²) in [6, 6.07) is 2.23. The molecule has 24 heavy (non-hydrogen) atoms. The summed E-state index contributed by atoms with van der Waals surface area (Å²) in [5.74, 6) is -1.25. The molecule has 1 aliphatic heterocycles. The van der Waals surface area contributed by atoms with Gasteiger partial charge in [0.15, 0.2) is 12.7 Å². The minimum atomic E-state index is -1.12. The van der Waals surface area contributed by atoms with Crippen LogP contribution >= 0.6 is 34.8 Å². The number of carbonyl (C=O) groups excluding carboxylic acids is 3. The molecule has 0 spiro atoms. The van der Waals surface area contributed by atoms with E-state index in [4.69, 9.17) is 44.3 Å². The van der Waals surface area contributed by atoms with E-state index in [1.807, 2.05) is 0 Å². The van der Waals surface area contributed by atoms with E-state index in [9.17, 15) is 14.4 Å². The smallest absolute Gasteiger partial charge is 0.344 e. The van der Waals surface area contributed by atoms with Crippen molar-refractivity contribution >= 4 is 52.7 Å². The van der Waals surface area contributed by atoms with Crippen molar-refractivity contribution in [3.63, 3.8) is 0 Å². The van der Waals surface area contributed by atoms with E-state index in [1.54, 1.807) is 0 Å². The molecule has 0 radical (unpaired) electrons. The zero-order chi connectivity index (χ0) is 17.9. The molecule has 1 aromatic rings. The number of amides is 3. The molecular formula is C14H13Cl3N2O5. The molecule has 0 bridgehead atoms. The van der Waals surface area contributed by atoms with Gasteiger partial charge in [-0.2, -0.15) is 0 Å². The van der Waals surface area contributed by atoms with Gasteiger partial charge in [-0.1, -0.05) is 34.8 Å². The zero-order valence-electron chi connectivity index (χ0n) is 12.5. The molecule has 3 amide bonds. The molecule has 1 N–H and O–H groups in total. The highest BCUT2D eigenvalue weighted by Crippen LogP contribution is 2.33. The van der Waals surface area contributed by atoms with E-state index >= 15 is 0 Å². The van der Waals surface area contributed by atoms with Crippen LogP contribution in [0.3, 0.4) is 0 Å². The fourth-order valence-corrected chi connectivity index (χ4v) is 2.53. The molecule has 10 heteroatoms. The number of rotatable bonds is 5. The van der Waals surface area contributed by atoms with Gasteiger partial charge < -0.3 is 14.8 Å². The van der Waals surface area contributed by atoms with Crippen LogP contribution in [0.25, 0.3) is 0 Å². The number of nitrogens with zero attached hydrogens (tertiary/aromatic N) is 1. The first-order chi connectivity index (χ1) is 11.3. The van der Waals surface area contributed by atoms with E-state index in [1.165, 1.54) is 19.1 Å². The molecule has 1 aromatic carbocycles. The minimum absolute atomic E-state index is 0.154. The maximum absolute atomic E-state index is 12.0. The van der Waals surface area contributed by atoms with Crippen LogP contribution in [-0.4, -0.2) is 48.6 Å². The second-order valence-electron chi connectivity index (χ2n) is 4.84. The minimum Gasteiger partial charge on any atom is -0.480 e. The summed E-state index contributed by atoms with van der Waals surface area (Å²) in [4.78, 5) is 36.2. The molecule has 1 heterocycles. The molecule has 1 unspecified atom stereocenters. The lowest BCUT2D eigenvalue weighted by Crippen LogP contribution is -2.42. The summed E-state index contributed by atoms with van der Waals surface area (Å²) < 4.78 is 10.2. The Morgan fingerprint density at radius 2 is 1.92 bits per heavy atom. The van der Waals surface area contributed by atoms with Gasteiger partial charge in [0.05, 0.1) is 15.1 Å². The van der Waals surface area contributed by atoms with Gasteiger partial charge in [-0.05, 0) is 13.0 Å². The van der Waals surface area contributed by atoms with Gasteiger partial charge in [-0.3, -0.25) is 9.69 Å². The van der Waals surface area contributed by atoms with Crippen LogP contribution in [0.15, 0.2) is 12.1 Å². The van der Waals surface area contributed by atoms with Crippen molar-refractivity contribution in [2.24, 2.45) is 0 Å². The van der Waals surface area contributed by atoms with E-state index in [2.05, 4.69) is 5.32 Å². The van der Waals surface area contributed by atoms with Gasteiger partial charge in [-0.25, -0.2) is 9.59 Å². The highest BCUT2D eigenvalue weighted by molar-refractivity contribution is 6.43. The average Bonchev–Trinajstić information content (AvgIpc) is 2.94. The van der Waals surface area contributed by atoms with Gasteiger partial charge in [0.1, 0.15) is 5.75 Å². The van der Waals surface area contributed by atoms with E-state index in [0.717, 1.165) is 4.90 Å². The fourth-order valence-electron chi connectivity index (χ4n) is 1.93. The Hall–Kier alpha value is -1.70. The number of hydrogen-bond acceptors (Lipinski definition) is 5. The quantitative estimate of drug-likeness (QED) is 0.612. The maximum atomic E-state index is 12.0. The number of halogens is 3. The van der Waals surface area contributed by atoms with Crippen LogP contribution in [0, 0.1) is 0 Å². The van der Waals surface area contributed by atoms with Crippen LogP contribution in [0.4, 0.5) is 4.79 Å². The number of nitrogens with one attached hydrogen (secondary N) is 1. The molecule has 0 aliphatic carbocycles. The summed E-state index contributed by atoms with van der Waals surface area (Å²) in [6.45, 7) is 1.48. The molecule has 130 valence electrons. The standard InChI is InChI=1S/C14H13Cl3N2O5/c1-7(13(21)19-3-2-18-14(19)22)24-12(20)6-23-11-5-9(16)8(15)4-10(11)17/h4-5,7H,2-3,6H2,1H3,(H,18,22). The normalized spacial score (nSPS) is 15.0. The number of esters is 1. The number of ether oxygens (including phenoxy) is 2. The molecule has 0 saturated carbocycles. The molecule has 0 aromatic heterocycles. The Morgan fingerprint density at radius 3 is 2.54 bits per heavy atom. The van der Waals surface area contributed by atoms with Crippen molar-refractivity contribution < 1.29 is 23.9 Å².